The van der Waals surface area contributed by atoms with Crippen molar-refractivity contribution in [3.8, 4) is 0 Å². The van der Waals surface area contributed by atoms with Crippen LogP contribution in [0.2, 0.25) is 5.02 Å². The van der Waals surface area contributed by atoms with Crippen LogP contribution in [0.4, 0.5) is 0 Å². The number of carbonyl (C=O) groups excluding carboxylic acids is 2. The standard InChI is InChI=1S/C24H21ClN2O3/c1-2-26-21(28)14-30-24(29)22-18-5-3-4-6-20(18)27-23-16(9-12-19(22)23)13-15-7-10-17(25)11-8-15/h3-8,10-11,13H,2,9,12,14H2,1H3,(H,26,28). The fourth-order valence-corrected chi connectivity index (χ4v) is 3.85. The van der Waals surface area contributed by atoms with Gasteiger partial charge in [-0.2, -0.15) is 0 Å². The van der Waals surface area contributed by atoms with Crippen LogP contribution in [0, 0.1) is 0 Å². The van der Waals surface area contributed by atoms with Crippen molar-refractivity contribution in [3.63, 3.8) is 0 Å². The molecule has 1 aliphatic carbocycles. The first-order valence-electron chi connectivity index (χ1n) is 9.88. The minimum absolute atomic E-state index is 0.300. The van der Waals surface area contributed by atoms with Gasteiger partial charge in [0.05, 0.1) is 16.8 Å². The average molecular weight is 421 g/mol. The SMILES string of the molecule is CCNC(=O)COC(=O)c1c2c(nc3ccccc13)C(=Cc1ccc(Cl)cc1)CC2. The summed E-state index contributed by atoms with van der Waals surface area (Å²) in [5.74, 6) is -0.812. The number of hydrogen-bond acceptors (Lipinski definition) is 4. The molecule has 0 aliphatic heterocycles. The number of para-hydroxylation sites is 1. The largest absolute Gasteiger partial charge is 0.452 e. The molecular weight excluding hydrogens is 400 g/mol. The third-order valence-corrected chi connectivity index (χ3v) is 5.32. The summed E-state index contributed by atoms with van der Waals surface area (Å²) in [6.07, 6.45) is 3.55. The molecule has 6 heteroatoms. The molecule has 152 valence electrons. The zero-order valence-corrected chi connectivity index (χ0v) is 17.3. The van der Waals surface area contributed by atoms with Crippen LogP contribution in [0.25, 0.3) is 22.6 Å². The van der Waals surface area contributed by atoms with Gasteiger partial charge < -0.3 is 10.1 Å². The predicted molar refractivity (Wildman–Crippen MR) is 118 cm³/mol. The Morgan fingerprint density at radius 1 is 1.13 bits per heavy atom. The Morgan fingerprint density at radius 3 is 2.67 bits per heavy atom. The number of halogens is 1. The zero-order chi connectivity index (χ0) is 21.1. The highest BCUT2D eigenvalue weighted by Gasteiger charge is 2.27. The van der Waals surface area contributed by atoms with Crippen molar-refractivity contribution < 1.29 is 14.3 Å². The van der Waals surface area contributed by atoms with E-state index in [-0.39, 0.29) is 12.5 Å². The van der Waals surface area contributed by atoms with E-state index in [2.05, 4.69) is 11.4 Å². The number of carbonyl (C=O) groups is 2. The van der Waals surface area contributed by atoms with Gasteiger partial charge in [-0.15, -0.1) is 0 Å². The molecule has 5 nitrogen and oxygen atoms in total. The van der Waals surface area contributed by atoms with Gasteiger partial charge >= 0.3 is 5.97 Å². The minimum Gasteiger partial charge on any atom is -0.452 e. The number of pyridine rings is 1. The molecule has 0 bridgehead atoms. The van der Waals surface area contributed by atoms with Crippen molar-refractivity contribution in [3.05, 3.63) is 75.9 Å². The van der Waals surface area contributed by atoms with Crippen LogP contribution >= 0.6 is 11.6 Å². The van der Waals surface area contributed by atoms with Gasteiger partial charge in [0.2, 0.25) is 0 Å². The number of aromatic nitrogens is 1. The van der Waals surface area contributed by atoms with Crippen LogP contribution in [0.15, 0.2) is 48.5 Å². The molecule has 4 rings (SSSR count). The summed E-state index contributed by atoms with van der Waals surface area (Å²) in [4.78, 5) is 29.5. The molecular formula is C24H21ClN2O3. The summed E-state index contributed by atoms with van der Waals surface area (Å²) in [5, 5.41) is 4.06. The van der Waals surface area contributed by atoms with Crippen molar-refractivity contribution in [2.45, 2.75) is 19.8 Å². The molecule has 0 unspecified atom stereocenters. The second kappa shape index (κ2) is 8.67. The van der Waals surface area contributed by atoms with E-state index >= 15 is 0 Å². The highest BCUT2D eigenvalue weighted by atomic mass is 35.5. The van der Waals surface area contributed by atoms with E-state index in [0.29, 0.717) is 23.6 Å². The Morgan fingerprint density at radius 2 is 1.90 bits per heavy atom. The second-order valence-electron chi connectivity index (χ2n) is 7.08. The van der Waals surface area contributed by atoms with E-state index in [0.717, 1.165) is 39.7 Å². The zero-order valence-electron chi connectivity index (χ0n) is 16.6. The van der Waals surface area contributed by atoms with Crippen molar-refractivity contribution in [1.82, 2.24) is 10.3 Å². The summed E-state index contributed by atoms with van der Waals surface area (Å²) in [7, 11) is 0. The molecule has 0 saturated carbocycles. The minimum atomic E-state index is -0.496. The van der Waals surface area contributed by atoms with Crippen LogP contribution in [0.5, 0.6) is 0 Å². The number of fused-ring (bicyclic) bond motifs is 2. The number of amides is 1. The van der Waals surface area contributed by atoms with E-state index in [1.165, 1.54) is 0 Å². The van der Waals surface area contributed by atoms with Crippen LogP contribution in [-0.4, -0.2) is 30.0 Å². The third kappa shape index (κ3) is 4.07. The highest BCUT2D eigenvalue weighted by Crippen LogP contribution is 2.37. The smallest absolute Gasteiger partial charge is 0.339 e. The third-order valence-electron chi connectivity index (χ3n) is 5.07. The van der Waals surface area contributed by atoms with Crippen molar-refractivity contribution >= 4 is 46.0 Å². The van der Waals surface area contributed by atoms with Gasteiger partial charge in [0.25, 0.3) is 5.91 Å². The van der Waals surface area contributed by atoms with E-state index in [1.807, 2.05) is 55.5 Å². The first-order chi connectivity index (χ1) is 14.6. The summed E-state index contributed by atoms with van der Waals surface area (Å²) in [6, 6.07) is 15.1. The van der Waals surface area contributed by atoms with Gasteiger partial charge in [-0.05, 0) is 60.7 Å². The number of nitrogens with zero attached hydrogens (tertiary/aromatic N) is 1. The molecule has 30 heavy (non-hydrogen) atoms. The molecule has 0 atom stereocenters. The Labute approximate surface area is 179 Å². The molecule has 0 spiro atoms. The van der Waals surface area contributed by atoms with Crippen molar-refractivity contribution in [2.24, 2.45) is 0 Å². The number of hydrogen-bond donors (Lipinski definition) is 1. The molecule has 1 amide bonds. The lowest BCUT2D eigenvalue weighted by atomic mass is 10.0. The molecule has 0 saturated heterocycles. The van der Waals surface area contributed by atoms with Crippen LogP contribution in [0.1, 0.15) is 40.5 Å². The molecule has 2 aromatic carbocycles. The first kappa shape index (κ1) is 20.1. The Hall–Kier alpha value is -3.18. The number of nitrogens with one attached hydrogen (secondary N) is 1. The maximum absolute atomic E-state index is 13.0. The Kier molecular flexibility index (Phi) is 5.81. The maximum Gasteiger partial charge on any atom is 0.339 e. The van der Waals surface area contributed by atoms with Crippen molar-refractivity contribution in [1.29, 1.82) is 0 Å². The van der Waals surface area contributed by atoms with Gasteiger partial charge in [0, 0.05) is 17.0 Å². The van der Waals surface area contributed by atoms with Crippen LogP contribution < -0.4 is 5.32 Å². The van der Waals surface area contributed by atoms with Gasteiger partial charge in [0.15, 0.2) is 6.61 Å². The maximum atomic E-state index is 13.0. The number of esters is 1. The fourth-order valence-electron chi connectivity index (χ4n) is 3.72. The van der Waals surface area contributed by atoms with Gasteiger partial charge in [-0.1, -0.05) is 41.9 Å². The van der Waals surface area contributed by atoms with Crippen molar-refractivity contribution in [2.75, 3.05) is 13.2 Å². The average Bonchev–Trinajstić information content (AvgIpc) is 3.14. The number of rotatable bonds is 5. The fraction of sp³-hybridized carbons (Fsp3) is 0.208. The number of ether oxygens (including phenoxy) is 1. The highest BCUT2D eigenvalue weighted by molar-refractivity contribution is 6.30. The second-order valence-corrected chi connectivity index (χ2v) is 7.52. The molecule has 1 aromatic heterocycles. The summed E-state index contributed by atoms with van der Waals surface area (Å²) in [6.45, 7) is 2.01. The Balaban J connectivity index is 1.75. The van der Waals surface area contributed by atoms with Gasteiger partial charge in [0.1, 0.15) is 0 Å². The van der Waals surface area contributed by atoms with Gasteiger partial charge in [-0.3, -0.25) is 4.79 Å². The number of allylic oxidation sites excluding steroid dienone is 1. The molecule has 1 aliphatic rings. The van der Waals surface area contributed by atoms with Gasteiger partial charge in [-0.25, -0.2) is 9.78 Å². The topological polar surface area (TPSA) is 68.3 Å². The number of likely N-dealkylation sites (N-methyl/N-ethyl adjacent to an activating group) is 1. The van der Waals surface area contributed by atoms with E-state index in [4.69, 9.17) is 21.3 Å². The van der Waals surface area contributed by atoms with E-state index < -0.39 is 5.97 Å². The monoisotopic (exact) mass is 420 g/mol. The Bertz CT molecular complexity index is 1150. The van der Waals surface area contributed by atoms with Crippen LogP contribution in [-0.2, 0) is 16.0 Å². The lowest BCUT2D eigenvalue weighted by Crippen LogP contribution is -2.28. The molecule has 1 heterocycles. The molecule has 3 aromatic rings. The number of benzene rings is 2. The quantitative estimate of drug-likeness (QED) is 0.609. The van der Waals surface area contributed by atoms with E-state index in [9.17, 15) is 9.59 Å². The summed E-state index contributed by atoms with van der Waals surface area (Å²) in [5.41, 5.74) is 5.00. The summed E-state index contributed by atoms with van der Waals surface area (Å²) < 4.78 is 5.33. The molecule has 0 radical (unpaired) electrons. The lowest BCUT2D eigenvalue weighted by molar-refractivity contribution is -0.124. The normalized spacial score (nSPS) is 14.0. The van der Waals surface area contributed by atoms with E-state index in [1.54, 1.807) is 0 Å². The molecule has 0 fully saturated rings. The predicted octanol–water partition coefficient (Wildman–Crippen LogP) is 4.67. The lowest BCUT2D eigenvalue weighted by Gasteiger charge is -2.12. The first-order valence-corrected chi connectivity index (χ1v) is 10.3. The summed E-state index contributed by atoms with van der Waals surface area (Å²) >= 11 is 5.99. The molecule has 1 N–H and O–H groups in total. The van der Waals surface area contributed by atoms with Crippen LogP contribution in [0.3, 0.4) is 0 Å².